The van der Waals surface area contributed by atoms with Crippen molar-refractivity contribution >= 4 is 10.9 Å². The van der Waals surface area contributed by atoms with Gasteiger partial charge in [0.05, 0.1) is 19.2 Å². The fourth-order valence-corrected chi connectivity index (χ4v) is 1.51. The standard InChI is InChI=1S/C12H13NO2/c1-3-15-12-6-7-13-11-8-9(14-2)4-5-10(11)12/h4-8H,3H2,1-2H3. The molecule has 2 rings (SSSR count). The number of ether oxygens (including phenoxy) is 2. The van der Waals surface area contributed by atoms with Crippen LogP contribution in [0, 0.1) is 0 Å². The molecule has 0 N–H and O–H groups in total. The molecule has 0 amide bonds. The van der Waals surface area contributed by atoms with Gasteiger partial charge in [-0.15, -0.1) is 0 Å². The molecule has 0 unspecified atom stereocenters. The van der Waals surface area contributed by atoms with Gasteiger partial charge in [-0.05, 0) is 25.1 Å². The molecule has 0 bridgehead atoms. The van der Waals surface area contributed by atoms with Crippen LogP contribution in [0.2, 0.25) is 0 Å². The lowest BCUT2D eigenvalue weighted by molar-refractivity contribution is 0.344. The summed E-state index contributed by atoms with van der Waals surface area (Å²) in [6.45, 7) is 2.63. The highest BCUT2D eigenvalue weighted by atomic mass is 16.5. The summed E-state index contributed by atoms with van der Waals surface area (Å²) in [7, 11) is 1.65. The molecule has 1 aromatic carbocycles. The van der Waals surface area contributed by atoms with Crippen LogP contribution in [0.5, 0.6) is 11.5 Å². The van der Waals surface area contributed by atoms with Gasteiger partial charge in [0.15, 0.2) is 0 Å². The highest BCUT2D eigenvalue weighted by molar-refractivity contribution is 5.85. The van der Waals surface area contributed by atoms with Crippen LogP contribution in [0.3, 0.4) is 0 Å². The number of methoxy groups -OCH3 is 1. The Hall–Kier alpha value is -1.77. The summed E-state index contributed by atoms with van der Waals surface area (Å²) in [5, 5.41) is 1.01. The average molecular weight is 203 g/mol. The van der Waals surface area contributed by atoms with E-state index in [1.54, 1.807) is 13.3 Å². The van der Waals surface area contributed by atoms with Gasteiger partial charge in [-0.25, -0.2) is 0 Å². The number of rotatable bonds is 3. The highest BCUT2D eigenvalue weighted by Crippen LogP contribution is 2.26. The number of aromatic nitrogens is 1. The second-order valence-corrected chi connectivity index (χ2v) is 3.13. The first-order valence-electron chi connectivity index (χ1n) is 4.90. The molecule has 0 radical (unpaired) electrons. The second kappa shape index (κ2) is 4.17. The Kier molecular flexibility index (Phi) is 2.72. The molecule has 0 saturated heterocycles. The van der Waals surface area contributed by atoms with Crippen molar-refractivity contribution in [3.05, 3.63) is 30.5 Å². The molecule has 0 aliphatic carbocycles. The van der Waals surface area contributed by atoms with E-state index in [-0.39, 0.29) is 0 Å². The molecular weight excluding hydrogens is 190 g/mol. The number of hydrogen-bond acceptors (Lipinski definition) is 3. The van der Waals surface area contributed by atoms with Gasteiger partial charge >= 0.3 is 0 Å². The van der Waals surface area contributed by atoms with Crippen LogP contribution in [0.25, 0.3) is 10.9 Å². The topological polar surface area (TPSA) is 31.4 Å². The molecule has 0 atom stereocenters. The van der Waals surface area contributed by atoms with Gasteiger partial charge in [-0.2, -0.15) is 0 Å². The molecular formula is C12H13NO2. The molecule has 1 heterocycles. The number of benzene rings is 1. The minimum Gasteiger partial charge on any atom is -0.497 e. The van der Waals surface area contributed by atoms with E-state index in [4.69, 9.17) is 9.47 Å². The zero-order valence-corrected chi connectivity index (χ0v) is 8.86. The van der Waals surface area contributed by atoms with Gasteiger partial charge in [0.2, 0.25) is 0 Å². The lowest BCUT2D eigenvalue weighted by Gasteiger charge is -2.07. The first-order valence-corrected chi connectivity index (χ1v) is 4.90. The predicted molar refractivity (Wildman–Crippen MR) is 59.5 cm³/mol. The third-order valence-electron chi connectivity index (χ3n) is 2.21. The molecule has 15 heavy (non-hydrogen) atoms. The molecule has 0 saturated carbocycles. The van der Waals surface area contributed by atoms with E-state index in [1.807, 2.05) is 31.2 Å². The summed E-state index contributed by atoms with van der Waals surface area (Å²) >= 11 is 0. The van der Waals surface area contributed by atoms with E-state index < -0.39 is 0 Å². The van der Waals surface area contributed by atoms with Crippen molar-refractivity contribution in [3.8, 4) is 11.5 Å². The summed E-state index contributed by atoms with van der Waals surface area (Å²) in [6.07, 6.45) is 1.74. The first-order chi connectivity index (χ1) is 7.35. The van der Waals surface area contributed by atoms with E-state index in [2.05, 4.69) is 4.98 Å². The molecule has 3 heteroatoms. The molecule has 0 aliphatic rings. The van der Waals surface area contributed by atoms with Crippen LogP contribution < -0.4 is 9.47 Å². The van der Waals surface area contributed by atoms with Crippen molar-refractivity contribution in [2.24, 2.45) is 0 Å². The van der Waals surface area contributed by atoms with Crippen LogP contribution in [0.4, 0.5) is 0 Å². The zero-order valence-electron chi connectivity index (χ0n) is 8.86. The number of fused-ring (bicyclic) bond motifs is 1. The molecule has 3 nitrogen and oxygen atoms in total. The van der Waals surface area contributed by atoms with Crippen molar-refractivity contribution in [2.45, 2.75) is 6.92 Å². The Labute approximate surface area is 88.7 Å². The highest BCUT2D eigenvalue weighted by Gasteiger charge is 2.03. The third kappa shape index (κ3) is 1.86. The second-order valence-electron chi connectivity index (χ2n) is 3.13. The molecule has 0 spiro atoms. The van der Waals surface area contributed by atoms with E-state index >= 15 is 0 Å². The first kappa shape index (κ1) is 9.77. The largest absolute Gasteiger partial charge is 0.497 e. The summed E-state index contributed by atoms with van der Waals surface area (Å²) in [4.78, 5) is 4.27. The van der Waals surface area contributed by atoms with Crippen LogP contribution in [0.15, 0.2) is 30.5 Å². The molecule has 1 aromatic heterocycles. The maximum absolute atomic E-state index is 5.51. The Bertz CT molecular complexity index is 468. The van der Waals surface area contributed by atoms with Gasteiger partial charge in [0.25, 0.3) is 0 Å². The Morgan fingerprint density at radius 2 is 2.13 bits per heavy atom. The Morgan fingerprint density at radius 3 is 2.87 bits per heavy atom. The van der Waals surface area contributed by atoms with Gasteiger partial charge < -0.3 is 9.47 Å². The minimum atomic E-state index is 0.658. The van der Waals surface area contributed by atoms with Gasteiger partial charge in [0.1, 0.15) is 11.5 Å². The van der Waals surface area contributed by atoms with Crippen molar-refractivity contribution < 1.29 is 9.47 Å². The molecule has 78 valence electrons. The summed E-state index contributed by atoms with van der Waals surface area (Å²) < 4.78 is 10.7. The van der Waals surface area contributed by atoms with E-state index in [0.717, 1.165) is 22.4 Å². The van der Waals surface area contributed by atoms with Crippen LogP contribution in [-0.4, -0.2) is 18.7 Å². The molecule has 0 fully saturated rings. The lowest BCUT2D eigenvalue weighted by Crippen LogP contribution is -1.93. The monoisotopic (exact) mass is 203 g/mol. The van der Waals surface area contributed by atoms with Crippen LogP contribution in [-0.2, 0) is 0 Å². The zero-order chi connectivity index (χ0) is 10.7. The van der Waals surface area contributed by atoms with Crippen LogP contribution >= 0.6 is 0 Å². The normalized spacial score (nSPS) is 10.3. The van der Waals surface area contributed by atoms with Crippen molar-refractivity contribution in [2.75, 3.05) is 13.7 Å². The van der Waals surface area contributed by atoms with Gasteiger partial charge in [0, 0.05) is 17.6 Å². The summed E-state index contributed by atoms with van der Waals surface area (Å²) in [5.41, 5.74) is 0.889. The smallest absolute Gasteiger partial charge is 0.130 e. The maximum Gasteiger partial charge on any atom is 0.130 e. The molecule has 2 aromatic rings. The summed E-state index contributed by atoms with van der Waals surface area (Å²) in [5.74, 6) is 1.67. The van der Waals surface area contributed by atoms with E-state index in [9.17, 15) is 0 Å². The quantitative estimate of drug-likeness (QED) is 0.768. The maximum atomic E-state index is 5.51. The minimum absolute atomic E-state index is 0.658. The Balaban J connectivity index is 2.56. The number of nitrogens with zero attached hydrogens (tertiary/aromatic N) is 1. The lowest BCUT2D eigenvalue weighted by atomic mass is 10.2. The SMILES string of the molecule is CCOc1ccnc2cc(OC)ccc12. The van der Waals surface area contributed by atoms with E-state index in [0.29, 0.717) is 6.61 Å². The van der Waals surface area contributed by atoms with Crippen LogP contribution in [0.1, 0.15) is 6.92 Å². The fraction of sp³-hybridized carbons (Fsp3) is 0.250. The summed E-state index contributed by atoms with van der Waals surface area (Å²) in [6, 6.07) is 7.65. The predicted octanol–water partition coefficient (Wildman–Crippen LogP) is 2.64. The van der Waals surface area contributed by atoms with E-state index in [1.165, 1.54) is 0 Å². The van der Waals surface area contributed by atoms with Gasteiger partial charge in [-0.3, -0.25) is 4.98 Å². The number of pyridine rings is 1. The third-order valence-corrected chi connectivity index (χ3v) is 2.21. The molecule has 0 aliphatic heterocycles. The fourth-order valence-electron chi connectivity index (χ4n) is 1.51. The van der Waals surface area contributed by atoms with Crippen molar-refractivity contribution in [1.29, 1.82) is 0 Å². The number of hydrogen-bond donors (Lipinski definition) is 0. The van der Waals surface area contributed by atoms with Crippen molar-refractivity contribution in [3.63, 3.8) is 0 Å². The average Bonchev–Trinajstić information content (AvgIpc) is 2.29. The Morgan fingerprint density at radius 1 is 1.27 bits per heavy atom. The van der Waals surface area contributed by atoms with Gasteiger partial charge in [-0.1, -0.05) is 0 Å². The van der Waals surface area contributed by atoms with Crippen molar-refractivity contribution in [1.82, 2.24) is 4.98 Å².